The molecule has 1 aliphatic rings. The molecule has 1 amide bonds. The zero-order chi connectivity index (χ0) is 13.2. The van der Waals surface area contributed by atoms with Crippen LogP contribution in [0.5, 0.6) is 0 Å². The van der Waals surface area contributed by atoms with E-state index >= 15 is 0 Å². The first-order valence-corrected chi connectivity index (χ1v) is 6.85. The van der Waals surface area contributed by atoms with E-state index in [0.717, 1.165) is 6.42 Å². The van der Waals surface area contributed by atoms with Crippen LogP contribution in [0.25, 0.3) is 5.65 Å². The lowest BCUT2D eigenvalue weighted by Crippen LogP contribution is -2.41. The van der Waals surface area contributed by atoms with Gasteiger partial charge in [-0.1, -0.05) is 19.8 Å². The van der Waals surface area contributed by atoms with E-state index in [9.17, 15) is 4.79 Å². The molecule has 0 radical (unpaired) electrons. The van der Waals surface area contributed by atoms with Crippen molar-refractivity contribution in [2.24, 2.45) is 5.92 Å². The first-order valence-electron chi connectivity index (χ1n) is 6.85. The van der Waals surface area contributed by atoms with E-state index in [4.69, 9.17) is 0 Å². The third-order valence-electron chi connectivity index (χ3n) is 3.95. The Morgan fingerprint density at radius 3 is 3.11 bits per heavy atom. The first kappa shape index (κ1) is 12.1. The Morgan fingerprint density at radius 1 is 1.42 bits per heavy atom. The molecule has 0 saturated heterocycles. The number of carbonyl (C=O) groups is 1. The molecule has 0 aromatic carbocycles. The number of carbonyl (C=O) groups excluding carboxylic acids is 1. The number of nitrogens with one attached hydrogen (secondary N) is 1. The smallest absolute Gasteiger partial charge is 0.256 e. The van der Waals surface area contributed by atoms with Gasteiger partial charge in [-0.2, -0.15) is 5.10 Å². The molecule has 0 bridgehead atoms. The standard InChI is InChI=1S/C14H18N4O/c1-10-5-2-3-6-12(10)17-14(19)11-9-16-18-8-4-7-15-13(11)18/h4,7-10,12H,2-3,5-6H2,1H3,(H,17,19)/t10-,12+/m1/s1. The molecule has 1 aliphatic carbocycles. The molecule has 5 heteroatoms. The second-order valence-corrected chi connectivity index (χ2v) is 5.29. The van der Waals surface area contributed by atoms with Crippen molar-refractivity contribution in [3.05, 3.63) is 30.2 Å². The number of hydrogen-bond donors (Lipinski definition) is 1. The van der Waals surface area contributed by atoms with Crippen molar-refractivity contribution in [1.82, 2.24) is 19.9 Å². The molecule has 0 unspecified atom stereocenters. The fourth-order valence-electron chi connectivity index (χ4n) is 2.76. The van der Waals surface area contributed by atoms with Gasteiger partial charge in [-0.3, -0.25) is 4.79 Å². The van der Waals surface area contributed by atoms with E-state index in [2.05, 4.69) is 22.3 Å². The van der Waals surface area contributed by atoms with Gasteiger partial charge < -0.3 is 5.32 Å². The molecular weight excluding hydrogens is 240 g/mol. The molecule has 1 fully saturated rings. The second kappa shape index (κ2) is 4.99. The molecule has 0 aliphatic heterocycles. The Labute approximate surface area is 112 Å². The normalized spacial score (nSPS) is 23.4. The number of rotatable bonds is 2. The van der Waals surface area contributed by atoms with Crippen LogP contribution in [-0.4, -0.2) is 26.5 Å². The first-order chi connectivity index (χ1) is 9.25. The third kappa shape index (κ3) is 2.32. The summed E-state index contributed by atoms with van der Waals surface area (Å²) in [6, 6.07) is 2.07. The summed E-state index contributed by atoms with van der Waals surface area (Å²) in [5, 5.41) is 7.28. The fourth-order valence-corrected chi connectivity index (χ4v) is 2.76. The molecule has 2 heterocycles. The van der Waals surface area contributed by atoms with Gasteiger partial charge in [0.25, 0.3) is 5.91 Å². The van der Waals surface area contributed by atoms with Crippen molar-refractivity contribution in [2.75, 3.05) is 0 Å². The van der Waals surface area contributed by atoms with Crippen molar-refractivity contribution in [3.63, 3.8) is 0 Å². The molecular formula is C14H18N4O. The molecule has 0 spiro atoms. The molecule has 3 rings (SSSR count). The van der Waals surface area contributed by atoms with Crippen LogP contribution in [-0.2, 0) is 0 Å². The van der Waals surface area contributed by atoms with Crippen LogP contribution in [0, 0.1) is 5.92 Å². The van der Waals surface area contributed by atoms with E-state index in [1.54, 1.807) is 29.2 Å². The van der Waals surface area contributed by atoms with Gasteiger partial charge in [0.15, 0.2) is 5.65 Å². The molecule has 100 valence electrons. The van der Waals surface area contributed by atoms with Gasteiger partial charge in [0.1, 0.15) is 5.56 Å². The topological polar surface area (TPSA) is 59.3 Å². The van der Waals surface area contributed by atoms with E-state index < -0.39 is 0 Å². The highest BCUT2D eigenvalue weighted by atomic mass is 16.1. The van der Waals surface area contributed by atoms with Gasteiger partial charge in [-0.25, -0.2) is 9.50 Å². The Bertz CT molecular complexity index is 592. The van der Waals surface area contributed by atoms with Crippen LogP contribution < -0.4 is 5.32 Å². The van der Waals surface area contributed by atoms with Crippen molar-refractivity contribution in [2.45, 2.75) is 38.6 Å². The highest BCUT2D eigenvalue weighted by Gasteiger charge is 2.24. The summed E-state index contributed by atoms with van der Waals surface area (Å²) in [5.41, 5.74) is 1.17. The Kier molecular flexibility index (Phi) is 3.19. The summed E-state index contributed by atoms with van der Waals surface area (Å²) < 4.78 is 1.62. The summed E-state index contributed by atoms with van der Waals surface area (Å²) in [5.74, 6) is 0.486. The summed E-state index contributed by atoms with van der Waals surface area (Å²) in [7, 11) is 0. The number of nitrogens with zero attached hydrogens (tertiary/aromatic N) is 3. The van der Waals surface area contributed by atoms with Crippen molar-refractivity contribution >= 4 is 11.6 Å². The quantitative estimate of drug-likeness (QED) is 0.896. The largest absolute Gasteiger partial charge is 0.349 e. The third-order valence-corrected chi connectivity index (χ3v) is 3.95. The minimum atomic E-state index is -0.0625. The Hall–Kier alpha value is -1.91. The van der Waals surface area contributed by atoms with Crippen molar-refractivity contribution < 1.29 is 4.79 Å². The molecule has 1 saturated carbocycles. The van der Waals surface area contributed by atoms with Crippen LogP contribution in [0.2, 0.25) is 0 Å². The number of fused-ring (bicyclic) bond motifs is 1. The van der Waals surface area contributed by atoms with E-state index in [0.29, 0.717) is 17.1 Å². The van der Waals surface area contributed by atoms with Crippen molar-refractivity contribution in [3.8, 4) is 0 Å². The molecule has 2 aromatic heterocycles. The molecule has 2 atom stereocenters. The minimum Gasteiger partial charge on any atom is -0.349 e. The minimum absolute atomic E-state index is 0.0625. The van der Waals surface area contributed by atoms with Crippen LogP contribution >= 0.6 is 0 Å². The van der Waals surface area contributed by atoms with Gasteiger partial charge in [0.05, 0.1) is 6.20 Å². The summed E-state index contributed by atoms with van der Waals surface area (Å²) in [6.07, 6.45) is 9.79. The summed E-state index contributed by atoms with van der Waals surface area (Å²) >= 11 is 0. The maximum absolute atomic E-state index is 12.3. The van der Waals surface area contributed by atoms with Crippen LogP contribution in [0.3, 0.4) is 0 Å². The molecule has 2 aromatic rings. The second-order valence-electron chi connectivity index (χ2n) is 5.29. The Balaban J connectivity index is 1.80. The SMILES string of the molecule is C[C@@H]1CCCC[C@@H]1NC(=O)c1cnn2cccnc12. The maximum Gasteiger partial charge on any atom is 0.256 e. The number of amides is 1. The lowest BCUT2D eigenvalue weighted by molar-refractivity contribution is 0.0912. The number of hydrogen-bond acceptors (Lipinski definition) is 3. The lowest BCUT2D eigenvalue weighted by Gasteiger charge is -2.29. The lowest BCUT2D eigenvalue weighted by atomic mass is 9.86. The molecule has 19 heavy (non-hydrogen) atoms. The monoisotopic (exact) mass is 258 g/mol. The average Bonchev–Trinajstić information content (AvgIpc) is 2.85. The highest BCUT2D eigenvalue weighted by molar-refractivity contribution is 5.99. The average molecular weight is 258 g/mol. The fraction of sp³-hybridized carbons (Fsp3) is 0.500. The van der Waals surface area contributed by atoms with Crippen LogP contribution in [0.15, 0.2) is 24.7 Å². The predicted molar refractivity (Wildman–Crippen MR) is 71.9 cm³/mol. The summed E-state index contributed by atoms with van der Waals surface area (Å²) in [4.78, 5) is 16.5. The van der Waals surface area contributed by atoms with E-state index in [1.807, 2.05) is 0 Å². The molecule has 1 N–H and O–H groups in total. The van der Waals surface area contributed by atoms with Gasteiger partial charge in [0, 0.05) is 18.4 Å². The predicted octanol–water partition coefficient (Wildman–Crippen LogP) is 2.04. The van der Waals surface area contributed by atoms with Gasteiger partial charge in [-0.15, -0.1) is 0 Å². The Morgan fingerprint density at radius 2 is 2.26 bits per heavy atom. The van der Waals surface area contributed by atoms with Gasteiger partial charge in [0.2, 0.25) is 0 Å². The van der Waals surface area contributed by atoms with Crippen LogP contribution in [0.4, 0.5) is 0 Å². The summed E-state index contributed by atoms with van der Waals surface area (Å²) in [6.45, 7) is 2.21. The van der Waals surface area contributed by atoms with Gasteiger partial charge in [-0.05, 0) is 24.8 Å². The zero-order valence-corrected chi connectivity index (χ0v) is 11.0. The van der Waals surface area contributed by atoms with Crippen LogP contribution in [0.1, 0.15) is 43.0 Å². The molecule has 5 nitrogen and oxygen atoms in total. The van der Waals surface area contributed by atoms with E-state index in [-0.39, 0.29) is 11.9 Å². The zero-order valence-electron chi connectivity index (χ0n) is 11.0. The maximum atomic E-state index is 12.3. The highest BCUT2D eigenvalue weighted by Crippen LogP contribution is 2.24. The van der Waals surface area contributed by atoms with Crippen molar-refractivity contribution in [1.29, 1.82) is 0 Å². The van der Waals surface area contributed by atoms with E-state index in [1.165, 1.54) is 19.3 Å². The van der Waals surface area contributed by atoms with Gasteiger partial charge >= 0.3 is 0 Å². The number of aromatic nitrogens is 3.